The highest BCUT2D eigenvalue weighted by Gasteiger charge is 2.30. The lowest BCUT2D eigenvalue weighted by Gasteiger charge is -2.16. The number of aliphatic carboxylic acids is 1. The van der Waals surface area contributed by atoms with Gasteiger partial charge in [-0.2, -0.15) is 0 Å². The molecule has 0 radical (unpaired) electrons. The van der Waals surface area contributed by atoms with Gasteiger partial charge in [0.2, 0.25) is 0 Å². The van der Waals surface area contributed by atoms with Crippen molar-refractivity contribution >= 4 is 16.9 Å². The number of nitrogens with one attached hydrogen (secondary N) is 1. The van der Waals surface area contributed by atoms with Gasteiger partial charge in [-0.15, -0.1) is 5.01 Å². The highest BCUT2D eigenvalue weighted by Crippen LogP contribution is 2.20. The van der Waals surface area contributed by atoms with Crippen molar-refractivity contribution in [2.24, 2.45) is 0 Å². The van der Waals surface area contributed by atoms with Crippen LogP contribution in [0, 0.1) is 10.1 Å². The number of H-pyrrole nitrogens is 1. The number of hydrazine groups is 1. The molecule has 2 N–H and O–H groups in total. The van der Waals surface area contributed by atoms with Crippen molar-refractivity contribution in [3.63, 3.8) is 0 Å². The number of likely N-dealkylation sites (N-methyl/N-ethyl adjacent to an activating group) is 1. The molecule has 0 saturated carbocycles. The summed E-state index contributed by atoms with van der Waals surface area (Å²) < 4.78 is 0. The monoisotopic (exact) mass is 263 g/mol. The van der Waals surface area contributed by atoms with E-state index in [0.29, 0.717) is 5.01 Å². The van der Waals surface area contributed by atoms with Crippen LogP contribution in [0.1, 0.15) is 5.56 Å². The van der Waals surface area contributed by atoms with E-state index in [1.807, 2.05) is 24.3 Å². The molecule has 0 aliphatic carbocycles. The molecule has 1 aromatic heterocycles. The normalized spacial score (nSPS) is 12.3. The molecule has 1 unspecified atom stereocenters. The van der Waals surface area contributed by atoms with Crippen LogP contribution in [-0.2, 0) is 11.2 Å². The van der Waals surface area contributed by atoms with Crippen molar-refractivity contribution < 1.29 is 14.9 Å². The number of aromatic amines is 1. The standard InChI is InChI=1S/C12H13N3O4/c1-14(15(18)19)11(12(16)17)6-8-7-13-10-5-3-2-4-9(8)10/h2-5,7,11,13H,6H2,1H3,(H,16,17). The summed E-state index contributed by atoms with van der Waals surface area (Å²) in [6.45, 7) is 0. The molecule has 0 saturated heterocycles. The number of nitro groups is 1. The molecular weight excluding hydrogens is 250 g/mol. The topological polar surface area (TPSA) is 99.5 Å². The zero-order valence-electron chi connectivity index (χ0n) is 10.2. The molecule has 0 fully saturated rings. The van der Waals surface area contributed by atoms with Crippen LogP contribution in [0.4, 0.5) is 0 Å². The number of para-hydroxylation sites is 1. The van der Waals surface area contributed by atoms with Gasteiger partial charge in [0.1, 0.15) is 0 Å². The maximum absolute atomic E-state index is 11.2. The first-order valence-corrected chi connectivity index (χ1v) is 5.65. The largest absolute Gasteiger partial charge is 0.480 e. The van der Waals surface area contributed by atoms with Crippen LogP contribution in [0.25, 0.3) is 10.9 Å². The molecule has 19 heavy (non-hydrogen) atoms. The molecular formula is C12H13N3O4. The number of fused-ring (bicyclic) bond motifs is 1. The second-order valence-electron chi connectivity index (χ2n) is 4.23. The minimum absolute atomic E-state index is 0.0663. The molecule has 1 atom stereocenters. The summed E-state index contributed by atoms with van der Waals surface area (Å²) in [5.41, 5.74) is 1.63. The van der Waals surface area contributed by atoms with E-state index in [4.69, 9.17) is 5.11 Å². The third-order valence-electron chi connectivity index (χ3n) is 3.08. The lowest BCUT2D eigenvalue weighted by molar-refractivity contribution is -0.654. The predicted octanol–water partition coefficient (Wildman–Crippen LogP) is 1.29. The van der Waals surface area contributed by atoms with Gasteiger partial charge >= 0.3 is 5.97 Å². The Morgan fingerprint density at radius 1 is 1.53 bits per heavy atom. The summed E-state index contributed by atoms with van der Waals surface area (Å²) in [5.74, 6) is -1.22. The summed E-state index contributed by atoms with van der Waals surface area (Å²) in [4.78, 5) is 24.9. The number of aromatic nitrogens is 1. The number of nitrogens with zero attached hydrogens (tertiary/aromatic N) is 2. The summed E-state index contributed by atoms with van der Waals surface area (Å²) in [7, 11) is 1.16. The maximum Gasteiger partial charge on any atom is 0.332 e. The first-order valence-electron chi connectivity index (χ1n) is 5.65. The number of rotatable bonds is 5. The number of carboxylic acids is 1. The molecule has 1 heterocycles. The Hall–Kier alpha value is -2.57. The van der Waals surface area contributed by atoms with Crippen LogP contribution in [0.15, 0.2) is 30.5 Å². The quantitative estimate of drug-likeness (QED) is 0.625. The first-order chi connectivity index (χ1) is 9.00. The molecule has 1 aromatic carbocycles. The Labute approximate surface area is 108 Å². The Kier molecular flexibility index (Phi) is 3.37. The third kappa shape index (κ3) is 2.49. The van der Waals surface area contributed by atoms with Crippen molar-refractivity contribution in [1.82, 2.24) is 9.99 Å². The van der Waals surface area contributed by atoms with Gasteiger partial charge in [-0.25, -0.2) is 14.9 Å². The first kappa shape index (κ1) is 12.9. The SMILES string of the molecule is CN(C(Cc1c[nH]c2ccccc12)C(=O)O)[N+](=O)[O-]. The average Bonchev–Trinajstić information content (AvgIpc) is 2.78. The smallest absolute Gasteiger partial charge is 0.332 e. The summed E-state index contributed by atoms with van der Waals surface area (Å²) in [5, 5.41) is 20.6. The zero-order chi connectivity index (χ0) is 14.0. The maximum atomic E-state index is 11.2. The second-order valence-corrected chi connectivity index (χ2v) is 4.23. The molecule has 7 nitrogen and oxygen atoms in total. The minimum Gasteiger partial charge on any atom is -0.480 e. The van der Waals surface area contributed by atoms with E-state index in [-0.39, 0.29) is 6.42 Å². The fraction of sp³-hybridized carbons (Fsp3) is 0.250. The van der Waals surface area contributed by atoms with Crippen molar-refractivity contribution in [3.8, 4) is 0 Å². The Bertz CT molecular complexity index is 622. The number of carbonyl (C=O) groups is 1. The van der Waals surface area contributed by atoms with Crippen molar-refractivity contribution in [2.75, 3.05) is 7.05 Å². The number of hydrogen-bond acceptors (Lipinski definition) is 3. The van der Waals surface area contributed by atoms with Crippen LogP contribution in [0.2, 0.25) is 0 Å². The molecule has 0 spiro atoms. The van der Waals surface area contributed by atoms with E-state index in [9.17, 15) is 14.9 Å². The molecule has 0 aliphatic rings. The van der Waals surface area contributed by atoms with Crippen LogP contribution in [-0.4, -0.2) is 39.2 Å². The number of hydrogen-bond donors (Lipinski definition) is 2. The molecule has 0 bridgehead atoms. The summed E-state index contributed by atoms with van der Waals surface area (Å²) >= 11 is 0. The van der Waals surface area contributed by atoms with Crippen LogP contribution >= 0.6 is 0 Å². The average molecular weight is 263 g/mol. The van der Waals surface area contributed by atoms with E-state index in [1.165, 1.54) is 0 Å². The van der Waals surface area contributed by atoms with E-state index in [0.717, 1.165) is 23.5 Å². The van der Waals surface area contributed by atoms with E-state index in [1.54, 1.807) is 6.20 Å². The van der Waals surface area contributed by atoms with E-state index in [2.05, 4.69) is 4.98 Å². The number of benzene rings is 1. The Morgan fingerprint density at radius 2 is 2.21 bits per heavy atom. The van der Waals surface area contributed by atoms with Crippen molar-refractivity contribution in [2.45, 2.75) is 12.5 Å². The molecule has 0 amide bonds. The van der Waals surface area contributed by atoms with Gasteiger partial charge in [0.15, 0.2) is 11.1 Å². The van der Waals surface area contributed by atoms with Gasteiger partial charge < -0.3 is 10.1 Å². The van der Waals surface area contributed by atoms with Crippen molar-refractivity contribution in [1.29, 1.82) is 0 Å². The zero-order valence-corrected chi connectivity index (χ0v) is 10.2. The van der Waals surface area contributed by atoms with Gasteiger partial charge in [0.05, 0.1) is 7.05 Å². The molecule has 2 rings (SSSR count). The number of carboxylic acid groups (broad SMARTS) is 1. The van der Waals surface area contributed by atoms with E-state index >= 15 is 0 Å². The fourth-order valence-electron chi connectivity index (χ4n) is 2.00. The van der Waals surface area contributed by atoms with Gasteiger partial charge in [-0.05, 0) is 11.6 Å². The summed E-state index contributed by atoms with van der Waals surface area (Å²) in [6.07, 6.45) is 1.76. The second kappa shape index (κ2) is 4.97. The molecule has 0 aliphatic heterocycles. The van der Waals surface area contributed by atoms with Gasteiger partial charge in [0, 0.05) is 23.5 Å². The highest BCUT2D eigenvalue weighted by molar-refractivity contribution is 5.84. The van der Waals surface area contributed by atoms with E-state index < -0.39 is 17.0 Å². The fourth-order valence-corrected chi connectivity index (χ4v) is 2.00. The van der Waals surface area contributed by atoms with Crippen LogP contribution in [0.3, 0.4) is 0 Å². The molecule has 2 aromatic rings. The lowest BCUT2D eigenvalue weighted by Crippen LogP contribution is -2.43. The summed E-state index contributed by atoms with van der Waals surface area (Å²) in [6, 6.07) is 6.22. The van der Waals surface area contributed by atoms with Gasteiger partial charge in [-0.3, -0.25) is 0 Å². The van der Waals surface area contributed by atoms with Crippen molar-refractivity contribution in [3.05, 3.63) is 46.1 Å². The predicted molar refractivity (Wildman–Crippen MR) is 68.2 cm³/mol. The van der Waals surface area contributed by atoms with Gasteiger partial charge in [-0.1, -0.05) is 18.2 Å². The highest BCUT2D eigenvalue weighted by atomic mass is 16.7. The molecule has 7 heteroatoms. The van der Waals surface area contributed by atoms with Gasteiger partial charge in [0.25, 0.3) is 0 Å². The lowest BCUT2D eigenvalue weighted by atomic mass is 10.1. The molecule has 100 valence electrons. The van der Waals surface area contributed by atoms with Crippen LogP contribution in [0.5, 0.6) is 0 Å². The minimum atomic E-state index is -1.22. The third-order valence-corrected chi connectivity index (χ3v) is 3.08. The Balaban J connectivity index is 2.31. The Morgan fingerprint density at radius 3 is 2.84 bits per heavy atom. The van der Waals surface area contributed by atoms with Crippen LogP contribution < -0.4 is 0 Å².